The fraction of sp³-hybridized carbons (Fsp3) is 0.143. The van der Waals surface area contributed by atoms with Gasteiger partial charge in [-0.2, -0.15) is 5.10 Å². The van der Waals surface area contributed by atoms with Crippen molar-refractivity contribution in [2.24, 2.45) is 0 Å². The van der Waals surface area contributed by atoms with Crippen molar-refractivity contribution >= 4 is 40.9 Å². The maximum Gasteiger partial charge on any atom is 0.248 e. The van der Waals surface area contributed by atoms with Gasteiger partial charge in [-0.05, 0) is 43.2 Å². The Labute approximate surface area is 168 Å². The molecule has 3 aromatic rings. The molecule has 3 rings (SSSR count). The summed E-state index contributed by atoms with van der Waals surface area (Å²) in [6.45, 7) is 4.37. The number of carbonyl (C=O) groups excluding carboxylic acids is 1. The van der Waals surface area contributed by atoms with Crippen LogP contribution in [-0.4, -0.2) is 15.7 Å². The fourth-order valence-corrected chi connectivity index (χ4v) is 3.25. The second kappa shape index (κ2) is 8.42. The van der Waals surface area contributed by atoms with E-state index in [-0.39, 0.29) is 5.91 Å². The van der Waals surface area contributed by atoms with Crippen LogP contribution in [0.1, 0.15) is 22.4 Å². The van der Waals surface area contributed by atoms with E-state index in [4.69, 9.17) is 23.2 Å². The molecule has 0 saturated heterocycles. The molecule has 0 bridgehead atoms. The summed E-state index contributed by atoms with van der Waals surface area (Å²) in [5, 5.41) is 8.23. The fourth-order valence-electron chi connectivity index (χ4n) is 2.67. The van der Waals surface area contributed by atoms with Crippen LogP contribution >= 0.6 is 23.2 Å². The predicted octanol–water partition coefficient (Wildman–Crippen LogP) is 5.51. The quantitative estimate of drug-likeness (QED) is 0.575. The van der Waals surface area contributed by atoms with Crippen LogP contribution in [-0.2, 0) is 11.3 Å². The molecule has 27 heavy (non-hydrogen) atoms. The molecule has 0 saturated carbocycles. The third-order valence-electron chi connectivity index (χ3n) is 4.07. The van der Waals surface area contributed by atoms with Crippen molar-refractivity contribution in [2.45, 2.75) is 20.4 Å². The Balaban J connectivity index is 1.74. The molecule has 1 amide bonds. The van der Waals surface area contributed by atoms with Crippen molar-refractivity contribution in [3.05, 3.63) is 87.2 Å². The van der Waals surface area contributed by atoms with Gasteiger partial charge in [0.15, 0.2) is 0 Å². The van der Waals surface area contributed by atoms with E-state index in [0.29, 0.717) is 22.4 Å². The van der Waals surface area contributed by atoms with Crippen molar-refractivity contribution < 1.29 is 4.79 Å². The average molecular weight is 400 g/mol. The van der Waals surface area contributed by atoms with E-state index in [1.165, 1.54) is 6.08 Å². The first kappa shape index (κ1) is 19.2. The van der Waals surface area contributed by atoms with Gasteiger partial charge in [0.25, 0.3) is 0 Å². The number of hydrogen-bond acceptors (Lipinski definition) is 2. The zero-order valence-electron chi connectivity index (χ0n) is 15.0. The first-order chi connectivity index (χ1) is 12.9. The Morgan fingerprint density at radius 3 is 2.59 bits per heavy atom. The van der Waals surface area contributed by atoms with Crippen molar-refractivity contribution in [3.8, 4) is 0 Å². The van der Waals surface area contributed by atoms with E-state index in [0.717, 1.165) is 22.4 Å². The molecule has 138 valence electrons. The lowest BCUT2D eigenvalue weighted by atomic mass is 10.2. The number of anilines is 1. The van der Waals surface area contributed by atoms with Gasteiger partial charge >= 0.3 is 0 Å². The van der Waals surface area contributed by atoms with Crippen LogP contribution < -0.4 is 5.32 Å². The van der Waals surface area contributed by atoms with Crippen LogP contribution in [0.15, 0.2) is 54.6 Å². The third kappa shape index (κ3) is 4.79. The molecule has 0 radical (unpaired) electrons. The van der Waals surface area contributed by atoms with Gasteiger partial charge in [-0.15, -0.1) is 0 Å². The van der Waals surface area contributed by atoms with Gasteiger partial charge in [-0.3, -0.25) is 4.79 Å². The van der Waals surface area contributed by atoms with Crippen molar-refractivity contribution in [1.82, 2.24) is 9.78 Å². The molecule has 0 fully saturated rings. The molecule has 0 aliphatic rings. The average Bonchev–Trinajstić information content (AvgIpc) is 2.90. The highest BCUT2D eigenvalue weighted by atomic mass is 35.5. The maximum atomic E-state index is 12.2. The minimum Gasteiger partial charge on any atom is -0.321 e. The lowest BCUT2D eigenvalue weighted by molar-refractivity contribution is -0.111. The number of aryl methyl sites for hydroxylation is 2. The third-order valence-corrected chi connectivity index (χ3v) is 4.78. The Hall–Kier alpha value is -2.56. The van der Waals surface area contributed by atoms with E-state index in [1.54, 1.807) is 22.9 Å². The predicted molar refractivity (Wildman–Crippen MR) is 111 cm³/mol. The number of nitrogens with zero attached hydrogens (tertiary/aromatic N) is 2. The normalized spacial score (nSPS) is 11.1. The van der Waals surface area contributed by atoms with Gasteiger partial charge in [0.05, 0.1) is 22.9 Å². The van der Waals surface area contributed by atoms with Crippen LogP contribution in [0, 0.1) is 13.8 Å². The second-order valence-corrected chi connectivity index (χ2v) is 7.00. The summed E-state index contributed by atoms with van der Waals surface area (Å²) >= 11 is 12.6. The van der Waals surface area contributed by atoms with Crippen molar-refractivity contribution in [2.75, 3.05) is 5.32 Å². The molecular weight excluding hydrogens is 381 g/mol. The summed E-state index contributed by atoms with van der Waals surface area (Å²) in [7, 11) is 0. The second-order valence-electron chi connectivity index (χ2n) is 6.24. The molecule has 6 heteroatoms. The summed E-state index contributed by atoms with van der Waals surface area (Å²) < 4.78 is 1.72. The van der Waals surface area contributed by atoms with Gasteiger partial charge < -0.3 is 5.32 Å². The smallest absolute Gasteiger partial charge is 0.248 e. The van der Waals surface area contributed by atoms with Gasteiger partial charge in [-0.1, -0.05) is 59.6 Å². The van der Waals surface area contributed by atoms with E-state index in [1.807, 2.05) is 50.2 Å². The van der Waals surface area contributed by atoms with Crippen LogP contribution in [0.25, 0.3) is 6.08 Å². The van der Waals surface area contributed by atoms with Crippen LogP contribution in [0.5, 0.6) is 0 Å². The van der Waals surface area contributed by atoms with Crippen LogP contribution in [0.2, 0.25) is 10.2 Å². The molecule has 0 atom stereocenters. The number of hydrogen-bond donors (Lipinski definition) is 1. The standard InChI is InChI=1S/C21H19Cl2N3O/c1-14-8-10-19(18(22)12-14)24-20(27)11-9-17-15(2)25-26(21(17)23)13-16-6-4-3-5-7-16/h3-12H,13H2,1-2H3,(H,24,27)/b11-9+. The monoisotopic (exact) mass is 399 g/mol. The van der Waals surface area contributed by atoms with Crippen molar-refractivity contribution in [3.63, 3.8) is 0 Å². The highest BCUT2D eigenvalue weighted by Crippen LogP contribution is 2.24. The molecule has 2 aromatic carbocycles. The first-order valence-corrected chi connectivity index (χ1v) is 9.21. The van der Waals surface area contributed by atoms with Gasteiger partial charge in [0.1, 0.15) is 5.15 Å². The molecule has 0 aliphatic carbocycles. The number of benzene rings is 2. The molecule has 0 unspecified atom stereocenters. The summed E-state index contributed by atoms with van der Waals surface area (Å²) in [4.78, 5) is 12.2. The molecule has 0 spiro atoms. The Kier molecular flexibility index (Phi) is 5.99. The van der Waals surface area contributed by atoms with Gasteiger partial charge in [0.2, 0.25) is 5.91 Å². The first-order valence-electron chi connectivity index (χ1n) is 8.46. The summed E-state index contributed by atoms with van der Waals surface area (Å²) in [5.74, 6) is -0.285. The molecular formula is C21H19Cl2N3O. The molecule has 1 N–H and O–H groups in total. The summed E-state index contributed by atoms with van der Waals surface area (Å²) in [5.41, 5.74) is 4.18. The minimum atomic E-state index is -0.285. The number of aromatic nitrogens is 2. The van der Waals surface area contributed by atoms with Gasteiger partial charge in [0, 0.05) is 11.6 Å². The highest BCUT2D eigenvalue weighted by molar-refractivity contribution is 6.34. The topological polar surface area (TPSA) is 46.9 Å². The largest absolute Gasteiger partial charge is 0.321 e. The SMILES string of the molecule is Cc1ccc(NC(=O)/C=C/c2c(C)nn(Cc3ccccc3)c2Cl)c(Cl)c1. The van der Waals surface area contributed by atoms with E-state index in [9.17, 15) is 4.79 Å². The van der Waals surface area contributed by atoms with Crippen LogP contribution in [0.4, 0.5) is 5.69 Å². The maximum absolute atomic E-state index is 12.2. The Morgan fingerprint density at radius 1 is 1.15 bits per heavy atom. The highest BCUT2D eigenvalue weighted by Gasteiger charge is 2.12. The molecule has 1 heterocycles. The van der Waals surface area contributed by atoms with E-state index in [2.05, 4.69) is 10.4 Å². The zero-order valence-corrected chi connectivity index (χ0v) is 16.6. The summed E-state index contributed by atoms with van der Waals surface area (Å²) in [6, 6.07) is 15.4. The van der Waals surface area contributed by atoms with Gasteiger partial charge in [-0.25, -0.2) is 4.68 Å². The van der Waals surface area contributed by atoms with Crippen molar-refractivity contribution in [1.29, 1.82) is 0 Å². The molecule has 0 aliphatic heterocycles. The molecule has 1 aromatic heterocycles. The van der Waals surface area contributed by atoms with Crippen LogP contribution in [0.3, 0.4) is 0 Å². The lowest BCUT2D eigenvalue weighted by Crippen LogP contribution is -2.08. The zero-order chi connectivity index (χ0) is 19.4. The number of nitrogens with one attached hydrogen (secondary N) is 1. The Morgan fingerprint density at radius 2 is 1.89 bits per heavy atom. The number of amides is 1. The van der Waals surface area contributed by atoms with E-state index >= 15 is 0 Å². The number of rotatable bonds is 5. The Bertz CT molecular complexity index is 994. The number of halogens is 2. The lowest BCUT2D eigenvalue weighted by Gasteiger charge is -2.05. The number of carbonyl (C=O) groups is 1. The minimum absolute atomic E-state index is 0.285. The summed E-state index contributed by atoms with van der Waals surface area (Å²) in [6.07, 6.45) is 3.10. The molecule has 4 nitrogen and oxygen atoms in total. The van der Waals surface area contributed by atoms with E-state index < -0.39 is 0 Å².